The summed E-state index contributed by atoms with van der Waals surface area (Å²) in [6.45, 7) is 1.93. The molecule has 0 aliphatic carbocycles. The maximum Gasteiger partial charge on any atom is 0.243 e. The van der Waals surface area contributed by atoms with Gasteiger partial charge in [-0.25, -0.2) is 13.6 Å². The van der Waals surface area contributed by atoms with Gasteiger partial charge < -0.3 is 5.32 Å². The summed E-state index contributed by atoms with van der Waals surface area (Å²) in [5.74, 6) is -0.415. The molecule has 2 aromatic rings. The van der Waals surface area contributed by atoms with Gasteiger partial charge in [0.2, 0.25) is 15.9 Å². The number of sulfonamides is 1. The highest BCUT2D eigenvalue weighted by atomic mass is 32.2. The van der Waals surface area contributed by atoms with Crippen molar-refractivity contribution in [1.82, 2.24) is 9.78 Å². The van der Waals surface area contributed by atoms with E-state index in [1.54, 1.807) is 7.05 Å². The van der Waals surface area contributed by atoms with Crippen LogP contribution < -0.4 is 10.5 Å². The summed E-state index contributed by atoms with van der Waals surface area (Å²) in [5, 5.41) is 11.5. The molecule has 1 aromatic heterocycles. The highest BCUT2D eigenvalue weighted by molar-refractivity contribution is 7.89. The molecule has 8 heteroatoms. The van der Waals surface area contributed by atoms with Crippen molar-refractivity contribution in [2.75, 3.05) is 5.32 Å². The molecule has 7 nitrogen and oxygen atoms in total. The summed E-state index contributed by atoms with van der Waals surface area (Å²) in [6.07, 6.45) is 1.37. The third-order valence-electron chi connectivity index (χ3n) is 2.81. The van der Waals surface area contributed by atoms with Crippen LogP contribution in [0.5, 0.6) is 0 Å². The van der Waals surface area contributed by atoms with Crippen molar-refractivity contribution in [1.29, 1.82) is 0 Å². The molecule has 0 saturated carbocycles. The van der Waals surface area contributed by atoms with E-state index in [0.717, 1.165) is 11.1 Å². The van der Waals surface area contributed by atoms with E-state index in [9.17, 15) is 13.2 Å². The monoisotopic (exact) mass is 308 g/mol. The van der Waals surface area contributed by atoms with Gasteiger partial charge in [0.1, 0.15) is 4.90 Å². The number of hydrogen-bond acceptors (Lipinski definition) is 4. The van der Waals surface area contributed by atoms with Crippen LogP contribution >= 0.6 is 0 Å². The molecule has 0 spiro atoms. The lowest BCUT2D eigenvalue weighted by atomic mass is 10.1. The first kappa shape index (κ1) is 15.2. The third-order valence-corrected chi connectivity index (χ3v) is 3.72. The van der Waals surface area contributed by atoms with Crippen LogP contribution in [0.2, 0.25) is 0 Å². The first-order chi connectivity index (χ1) is 9.75. The number of nitrogens with two attached hydrogens (primary N) is 1. The van der Waals surface area contributed by atoms with Crippen molar-refractivity contribution in [3.05, 3.63) is 41.6 Å². The third kappa shape index (κ3) is 3.89. The number of aryl methyl sites for hydroxylation is 2. The zero-order chi connectivity index (χ0) is 15.6. The topological polar surface area (TPSA) is 107 Å². The highest BCUT2D eigenvalue weighted by Crippen LogP contribution is 2.17. The van der Waals surface area contributed by atoms with Crippen LogP contribution in [0, 0.1) is 6.92 Å². The Labute approximate surface area is 122 Å². The number of primary sulfonamides is 1. The number of nitrogens with one attached hydrogen (secondary N) is 1. The molecular weight excluding hydrogens is 292 g/mol. The van der Waals surface area contributed by atoms with Crippen LogP contribution in [-0.2, 0) is 28.3 Å². The summed E-state index contributed by atoms with van der Waals surface area (Å²) in [4.78, 5) is 11.8. The Balaban J connectivity index is 2.17. The minimum absolute atomic E-state index is 0.0577. The summed E-state index contributed by atoms with van der Waals surface area (Å²) in [7, 11) is -2.39. The average molecular weight is 308 g/mol. The fourth-order valence-electron chi connectivity index (χ4n) is 1.95. The molecule has 21 heavy (non-hydrogen) atoms. The van der Waals surface area contributed by atoms with Gasteiger partial charge in [0, 0.05) is 13.2 Å². The van der Waals surface area contributed by atoms with Gasteiger partial charge in [-0.05, 0) is 12.5 Å². The van der Waals surface area contributed by atoms with Crippen molar-refractivity contribution >= 4 is 21.7 Å². The van der Waals surface area contributed by atoms with Gasteiger partial charge in [0.15, 0.2) is 5.82 Å². The van der Waals surface area contributed by atoms with E-state index in [1.807, 2.05) is 31.2 Å². The highest BCUT2D eigenvalue weighted by Gasteiger charge is 2.19. The average Bonchev–Trinajstić information content (AvgIpc) is 2.69. The number of amides is 1. The predicted molar refractivity (Wildman–Crippen MR) is 78.1 cm³/mol. The van der Waals surface area contributed by atoms with Crippen LogP contribution in [0.25, 0.3) is 0 Å². The minimum atomic E-state index is -3.94. The number of rotatable bonds is 4. The van der Waals surface area contributed by atoms with Gasteiger partial charge in [-0.2, -0.15) is 5.10 Å². The maximum atomic E-state index is 12.0. The molecule has 3 N–H and O–H groups in total. The van der Waals surface area contributed by atoms with Crippen LogP contribution in [0.15, 0.2) is 35.4 Å². The lowest BCUT2D eigenvalue weighted by molar-refractivity contribution is -0.115. The van der Waals surface area contributed by atoms with Gasteiger partial charge in [-0.1, -0.05) is 29.8 Å². The van der Waals surface area contributed by atoms with E-state index in [4.69, 9.17) is 5.14 Å². The van der Waals surface area contributed by atoms with E-state index in [2.05, 4.69) is 10.4 Å². The van der Waals surface area contributed by atoms with Crippen molar-refractivity contribution in [2.24, 2.45) is 12.2 Å². The Hall–Kier alpha value is -2.19. The van der Waals surface area contributed by atoms with Crippen molar-refractivity contribution in [3.8, 4) is 0 Å². The largest absolute Gasteiger partial charge is 0.308 e. The predicted octanol–water partition coefficient (Wildman–Crippen LogP) is 0.557. The lowest BCUT2D eigenvalue weighted by Gasteiger charge is -2.05. The van der Waals surface area contributed by atoms with Gasteiger partial charge in [0.25, 0.3) is 0 Å². The quantitative estimate of drug-likeness (QED) is 0.860. The van der Waals surface area contributed by atoms with E-state index in [0.29, 0.717) is 0 Å². The Bertz CT molecular complexity index is 780. The number of anilines is 1. The first-order valence-electron chi connectivity index (χ1n) is 6.17. The van der Waals surface area contributed by atoms with Crippen LogP contribution in [-0.4, -0.2) is 24.1 Å². The molecule has 112 valence electrons. The maximum absolute atomic E-state index is 12.0. The molecule has 0 bridgehead atoms. The van der Waals surface area contributed by atoms with E-state index >= 15 is 0 Å². The number of hydrogen-bond donors (Lipinski definition) is 2. The van der Waals surface area contributed by atoms with Crippen LogP contribution in [0.4, 0.5) is 5.82 Å². The second kappa shape index (κ2) is 5.66. The number of carbonyl (C=O) groups is 1. The van der Waals surface area contributed by atoms with Crippen molar-refractivity contribution < 1.29 is 13.2 Å². The number of aromatic nitrogens is 2. The molecule has 0 unspecified atom stereocenters. The molecule has 0 fully saturated rings. The van der Waals surface area contributed by atoms with E-state index in [1.165, 1.54) is 10.9 Å². The van der Waals surface area contributed by atoms with Crippen molar-refractivity contribution in [2.45, 2.75) is 18.2 Å². The molecule has 2 rings (SSSR count). The summed E-state index contributed by atoms with van der Waals surface area (Å²) >= 11 is 0. The van der Waals surface area contributed by atoms with E-state index < -0.39 is 10.0 Å². The molecule has 0 atom stereocenters. The van der Waals surface area contributed by atoms with Crippen LogP contribution in [0.3, 0.4) is 0 Å². The Morgan fingerprint density at radius 1 is 1.43 bits per heavy atom. The minimum Gasteiger partial charge on any atom is -0.308 e. The van der Waals surface area contributed by atoms with Gasteiger partial charge in [-0.3, -0.25) is 9.48 Å². The van der Waals surface area contributed by atoms with Gasteiger partial charge in [-0.15, -0.1) is 0 Å². The normalized spacial score (nSPS) is 11.4. The van der Waals surface area contributed by atoms with Gasteiger partial charge >= 0.3 is 0 Å². The SMILES string of the molecule is Cc1cccc(CC(=O)Nc2nn(C)cc2S(N)(=O)=O)c1. The molecule has 0 saturated heterocycles. The van der Waals surface area contributed by atoms with Crippen molar-refractivity contribution in [3.63, 3.8) is 0 Å². The zero-order valence-corrected chi connectivity index (χ0v) is 12.5. The summed E-state index contributed by atoms with van der Waals surface area (Å²) in [5.41, 5.74) is 1.88. The van der Waals surface area contributed by atoms with E-state index in [-0.39, 0.29) is 23.0 Å². The fraction of sp³-hybridized carbons (Fsp3) is 0.231. The molecular formula is C13H16N4O3S. The molecule has 0 radical (unpaired) electrons. The lowest BCUT2D eigenvalue weighted by Crippen LogP contribution is -2.19. The summed E-state index contributed by atoms with van der Waals surface area (Å²) < 4.78 is 24.1. The number of carbonyl (C=O) groups excluding carboxylic acids is 1. The first-order valence-corrected chi connectivity index (χ1v) is 7.72. The number of nitrogens with zero attached hydrogens (tertiary/aromatic N) is 2. The Kier molecular flexibility index (Phi) is 4.10. The molecule has 0 aliphatic heterocycles. The summed E-state index contributed by atoms with van der Waals surface area (Å²) in [6, 6.07) is 7.50. The standard InChI is InChI=1S/C13H16N4O3S/c1-9-4-3-5-10(6-9)7-12(18)15-13-11(21(14,19)20)8-17(2)16-13/h3-6,8H,7H2,1-2H3,(H2,14,19,20)(H,15,16,18). The second-order valence-electron chi connectivity index (χ2n) is 4.77. The molecule has 1 amide bonds. The smallest absolute Gasteiger partial charge is 0.243 e. The van der Waals surface area contributed by atoms with Gasteiger partial charge in [0.05, 0.1) is 6.42 Å². The molecule has 0 aliphatic rings. The second-order valence-corrected chi connectivity index (χ2v) is 6.30. The zero-order valence-electron chi connectivity index (χ0n) is 11.7. The Morgan fingerprint density at radius 3 is 2.76 bits per heavy atom. The molecule has 1 heterocycles. The Morgan fingerprint density at radius 2 is 2.14 bits per heavy atom. The van der Waals surface area contributed by atoms with Crippen LogP contribution in [0.1, 0.15) is 11.1 Å². The number of benzene rings is 1. The molecule has 1 aromatic carbocycles. The fourth-order valence-corrected chi connectivity index (χ4v) is 2.61.